The van der Waals surface area contributed by atoms with E-state index in [1.54, 1.807) is 12.1 Å². The van der Waals surface area contributed by atoms with Crippen LogP contribution in [0.25, 0.3) is 0 Å². The number of carbonyl (C=O) groups excluding carboxylic acids is 1. The Morgan fingerprint density at radius 1 is 1.43 bits per heavy atom. The van der Waals surface area contributed by atoms with Crippen LogP contribution in [0.1, 0.15) is 24.2 Å². The fourth-order valence-electron chi connectivity index (χ4n) is 1.01. The lowest BCUT2D eigenvalue weighted by Gasteiger charge is -2.12. The largest absolute Gasteiger partial charge is 0.490 e. The highest BCUT2D eigenvalue weighted by Crippen LogP contribution is 2.25. The SMILES string of the molecule is CC(C)Oc1ccc(Cl)cc1C(=O)Cl. The summed E-state index contributed by atoms with van der Waals surface area (Å²) in [5.41, 5.74) is 0.299. The van der Waals surface area contributed by atoms with Crippen LogP contribution in [0.15, 0.2) is 18.2 Å². The summed E-state index contributed by atoms with van der Waals surface area (Å²) in [4.78, 5) is 11.0. The van der Waals surface area contributed by atoms with Crippen LogP contribution >= 0.6 is 23.2 Å². The quantitative estimate of drug-likeness (QED) is 0.746. The molecule has 4 heteroatoms. The van der Waals surface area contributed by atoms with Crippen molar-refractivity contribution in [1.29, 1.82) is 0 Å². The molecule has 0 atom stereocenters. The highest BCUT2D eigenvalue weighted by atomic mass is 35.5. The van der Waals surface area contributed by atoms with E-state index < -0.39 is 5.24 Å². The highest BCUT2D eigenvalue weighted by Gasteiger charge is 2.11. The van der Waals surface area contributed by atoms with Crippen LogP contribution in [-0.2, 0) is 0 Å². The maximum Gasteiger partial charge on any atom is 0.256 e. The zero-order valence-electron chi connectivity index (χ0n) is 7.88. The molecule has 1 aromatic rings. The van der Waals surface area contributed by atoms with Crippen molar-refractivity contribution in [3.63, 3.8) is 0 Å². The first-order valence-electron chi connectivity index (χ1n) is 4.16. The average molecular weight is 233 g/mol. The van der Waals surface area contributed by atoms with E-state index in [0.29, 0.717) is 16.3 Å². The van der Waals surface area contributed by atoms with E-state index >= 15 is 0 Å². The molecule has 14 heavy (non-hydrogen) atoms. The second kappa shape index (κ2) is 4.67. The molecule has 0 heterocycles. The van der Waals surface area contributed by atoms with E-state index in [4.69, 9.17) is 27.9 Å². The Hall–Kier alpha value is -0.730. The monoisotopic (exact) mass is 232 g/mol. The Bertz CT molecular complexity index is 348. The molecule has 1 aromatic carbocycles. The fourth-order valence-corrected chi connectivity index (χ4v) is 1.33. The van der Waals surface area contributed by atoms with Crippen molar-refractivity contribution in [3.8, 4) is 5.75 Å². The van der Waals surface area contributed by atoms with E-state index in [0.717, 1.165) is 0 Å². The van der Waals surface area contributed by atoms with E-state index in [-0.39, 0.29) is 6.10 Å². The van der Waals surface area contributed by atoms with Gasteiger partial charge in [-0.1, -0.05) is 11.6 Å². The summed E-state index contributed by atoms with van der Waals surface area (Å²) in [6.45, 7) is 3.74. The smallest absolute Gasteiger partial charge is 0.256 e. The van der Waals surface area contributed by atoms with E-state index in [1.807, 2.05) is 13.8 Å². The second-order valence-corrected chi connectivity index (χ2v) is 3.86. The molecule has 0 N–H and O–H groups in total. The number of benzene rings is 1. The molecule has 0 fully saturated rings. The van der Waals surface area contributed by atoms with Crippen LogP contribution in [-0.4, -0.2) is 11.3 Å². The number of hydrogen-bond donors (Lipinski definition) is 0. The lowest BCUT2D eigenvalue weighted by atomic mass is 10.2. The van der Waals surface area contributed by atoms with Crippen LogP contribution in [0.5, 0.6) is 5.75 Å². The van der Waals surface area contributed by atoms with Crippen LogP contribution < -0.4 is 4.74 Å². The number of ether oxygens (including phenoxy) is 1. The maximum absolute atomic E-state index is 11.0. The predicted octanol–water partition coefficient (Wildman–Crippen LogP) is 3.51. The van der Waals surface area contributed by atoms with Gasteiger partial charge in [0.1, 0.15) is 5.75 Å². The summed E-state index contributed by atoms with van der Waals surface area (Å²) in [6.07, 6.45) is -0.00839. The molecule has 0 aromatic heterocycles. The average Bonchev–Trinajstić information content (AvgIpc) is 2.07. The number of rotatable bonds is 3. The number of halogens is 2. The van der Waals surface area contributed by atoms with Gasteiger partial charge in [0.05, 0.1) is 11.7 Å². The fraction of sp³-hybridized carbons (Fsp3) is 0.300. The summed E-state index contributed by atoms with van der Waals surface area (Å²) in [5, 5.41) is -0.103. The van der Waals surface area contributed by atoms with Gasteiger partial charge in [-0.15, -0.1) is 0 Å². The van der Waals surface area contributed by atoms with Gasteiger partial charge in [0, 0.05) is 5.02 Å². The Morgan fingerprint density at radius 2 is 2.07 bits per heavy atom. The van der Waals surface area contributed by atoms with Gasteiger partial charge in [-0.05, 0) is 43.6 Å². The molecular weight excluding hydrogens is 223 g/mol. The number of carbonyl (C=O) groups is 1. The lowest BCUT2D eigenvalue weighted by molar-refractivity contribution is 0.107. The van der Waals surface area contributed by atoms with Crippen LogP contribution in [0.3, 0.4) is 0 Å². The second-order valence-electron chi connectivity index (χ2n) is 3.08. The summed E-state index contributed by atoms with van der Waals surface area (Å²) in [6, 6.07) is 4.79. The van der Waals surface area contributed by atoms with Crippen molar-refractivity contribution >= 4 is 28.4 Å². The van der Waals surface area contributed by atoms with Crippen molar-refractivity contribution in [1.82, 2.24) is 0 Å². The van der Waals surface area contributed by atoms with Crippen molar-refractivity contribution in [2.45, 2.75) is 20.0 Å². The lowest BCUT2D eigenvalue weighted by Crippen LogP contribution is -2.08. The van der Waals surface area contributed by atoms with Crippen LogP contribution in [0.4, 0.5) is 0 Å². The van der Waals surface area contributed by atoms with Crippen LogP contribution in [0, 0.1) is 0 Å². The van der Waals surface area contributed by atoms with Crippen molar-refractivity contribution in [2.75, 3.05) is 0 Å². The molecule has 0 aliphatic rings. The third kappa shape index (κ3) is 2.89. The zero-order chi connectivity index (χ0) is 10.7. The predicted molar refractivity (Wildman–Crippen MR) is 57.4 cm³/mol. The Labute approximate surface area is 92.8 Å². The molecule has 76 valence electrons. The van der Waals surface area contributed by atoms with Gasteiger partial charge in [-0.25, -0.2) is 0 Å². The van der Waals surface area contributed by atoms with Crippen molar-refractivity contribution in [2.24, 2.45) is 0 Å². The van der Waals surface area contributed by atoms with Crippen molar-refractivity contribution < 1.29 is 9.53 Å². The van der Waals surface area contributed by atoms with Crippen LogP contribution in [0.2, 0.25) is 5.02 Å². The third-order valence-electron chi connectivity index (χ3n) is 1.52. The first-order chi connectivity index (χ1) is 6.50. The maximum atomic E-state index is 11.0. The minimum Gasteiger partial charge on any atom is -0.490 e. The molecule has 0 aliphatic carbocycles. The zero-order valence-corrected chi connectivity index (χ0v) is 9.39. The molecule has 0 spiro atoms. The Balaban J connectivity index is 3.08. The summed E-state index contributed by atoms with van der Waals surface area (Å²) in [5.74, 6) is 0.462. The first-order valence-corrected chi connectivity index (χ1v) is 4.92. The summed E-state index contributed by atoms with van der Waals surface area (Å²) < 4.78 is 5.40. The first kappa shape index (κ1) is 11.3. The van der Waals surface area contributed by atoms with E-state index in [9.17, 15) is 4.79 Å². The molecule has 0 bridgehead atoms. The third-order valence-corrected chi connectivity index (χ3v) is 1.95. The normalized spacial score (nSPS) is 10.4. The van der Waals surface area contributed by atoms with Gasteiger partial charge >= 0.3 is 0 Å². The standard InChI is InChI=1S/C10H10Cl2O2/c1-6(2)14-9-4-3-7(11)5-8(9)10(12)13/h3-6H,1-2H3. The minimum atomic E-state index is -0.567. The Morgan fingerprint density at radius 3 is 2.57 bits per heavy atom. The molecule has 0 saturated carbocycles. The molecule has 0 radical (unpaired) electrons. The molecule has 0 saturated heterocycles. The van der Waals surface area contributed by atoms with Gasteiger partial charge in [0.25, 0.3) is 5.24 Å². The van der Waals surface area contributed by atoms with E-state index in [2.05, 4.69) is 0 Å². The molecule has 1 rings (SSSR count). The summed E-state index contributed by atoms with van der Waals surface area (Å²) in [7, 11) is 0. The van der Waals surface area contributed by atoms with Crippen molar-refractivity contribution in [3.05, 3.63) is 28.8 Å². The topological polar surface area (TPSA) is 26.3 Å². The molecule has 2 nitrogen and oxygen atoms in total. The number of hydrogen-bond acceptors (Lipinski definition) is 2. The van der Waals surface area contributed by atoms with Gasteiger partial charge in [-0.3, -0.25) is 4.79 Å². The molecule has 0 unspecified atom stereocenters. The molecule has 0 aliphatic heterocycles. The summed E-state index contributed by atoms with van der Waals surface area (Å²) >= 11 is 11.1. The molecule has 0 amide bonds. The minimum absolute atomic E-state index is 0.00839. The van der Waals surface area contributed by atoms with Gasteiger partial charge in [0.15, 0.2) is 0 Å². The van der Waals surface area contributed by atoms with Gasteiger partial charge in [0.2, 0.25) is 0 Å². The van der Waals surface area contributed by atoms with Gasteiger partial charge < -0.3 is 4.74 Å². The highest BCUT2D eigenvalue weighted by molar-refractivity contribution is 6.68. The Kier molecular flexibility index (Phi) is 3.78. The molecular formula is C10H10Cl2O2. The van der Waals surface area contributed by atoms with Gasteiger partial charge in [-0.2, -0.15) is 0 Å². The van der Waals surface area contributed by atoms with E-state index in [1.165, 1.54) is 6.07 Å².